The number of rotatable bonds is 1. The summed E-state index contributed by atoms with van der Waals surface area (Å²) in [6, 6.07) is 0.839. The number of halogens is 3. The zero-order valence-corrected chi connectivity index (χ0v) is 5.97. The van der Waals surface area contributed by atoms with Crippen molar-refractivity contribution in [1.82, 2.24) is 4.98 Å². The fourth-order valence-electron chi connectivity index (χ4n) is 0.830. The van der Waals surface area contributed by atoms with Crippen molar-refractivity contribution in [3.63, 3.8) is 0 Å². The van der Waals surface area contributed by atoms with E-state index in [1.807, 2.05) is 0 Å². The van der Waals surface area contributed by atoms with Gasteiger partial charge in [0.25, 0.3) is 0 Å². The number of pyridine rings is 1. The maximum absolute atomic E-state index is 12.1. The van der Waals surface area contributed by atoms with Crippen LogP contribution in [0, 0.1) is 0 Å². The molecule has 1 aromatic rings. The highest BCUT2D eigenvalue weighted by Gasteiger charge is 2.32. The average molecular weight is 177 g/mol. The lowest BCUT2D eigenvalue weighted by Crippen LogP contribution is -2.09. The van der Waals surface area contributed by atoms with Crippen LogP contribution in [0.1, 0.15) is 11.1 Å². The van der Waals surface area contributed by atoms with Gasteiger partial charge in [0.15, 0.2) is 0 Å². The summed E-state index contributed by atoms with van der Waals surface area (Å²) in [6.07, 6.45) is -2.37. The van der Waals surface area contributed by atoms with Gasteiger partial charge in [-0.15, -0.1) is 0 Å². The van der Waals surface area contributed by atoms with Crippen LogP contribution in [0.15, 0.2) is 18.5 Å². The van der Waals surface area contributed by atoms with E-state index in [4.69, 9.17) is 5.11 Å². The molecule has 0 bridgehead atoms. The van der Waals surface area contributed by atoms with E-state index in [1.54, 1.807) is 0 Å². The van der Waals surface area contributed by atoms with Crippen molar-refractivity contribution < 1.29 is 18.3 Å². The van der Waals surface area contributed by atoms with E-state index in [9.17, 15) is 13.2 Å². The van der Waals surface area contributed by atoms with Gasteiger partial charge in [-0.3, -0.25) is 4.98 Å². The van der Waals surface area contributed by atoms with E-state index in [0.717, 1.165) is 18.5 Å². The first-order chi connectivity index (χ1) is 5.55. The predicted molar refractivity (Wildman–Crippen MR) is 35.2 cm³/mol. The Balaban J connectivity index is 3.14. The standard InChI is InChI=1S/C7H6F3NO/c8-7(9,10)6-1-2-11-3-5(6)4-12/h1-3,12H,4H2. The van der Waals surface area contributed by atoms with E-state index < -0.39 is 18.3 Å². The quantitative estimate of drug-likeness (QED) is 0.706. The van der Waals surface area contributed by atoms with Gasteiger partial charge in [0.05, 0.1) is 12.2 Å². The van der Waals surface area contributed by atoms with E-state index >= 15 is 0 Å². The molecule has 0 atom stereocenters. The SMILES string of the molecule is OCc1cnccc1C(F)(F)F. The molecule has 1 rings (SSSR count). The number of aromatic nitrogens is 1. The Kier molecular flexibility index (Phi) is 2.32. The molecule has 12 heavy (non-hydrogen) atoms. The predicted octanol–water partition coefficient (Wildman–Crippen LogP) is 1.59. The Morgan fingerprint density at radius 3 is 2.50 bits per heavy atom. The van der Waals surface area contributed by atoms with Crippen molar-refractivity contribution in [3.8, 4) is 0 Å². The Morgan fingerprint density at radius 1 is 1.42 bits per heavy atom. The van der Waals surface area contributed by atoms with Crippen LogP contribution in [-0.4, -0.2) is 10.1 Å². The summed E-state index contributed by atoms with van der Waals surface area (Å²) in [4.78, 5) is 3.47. The van der Waals surface area contributed by atoms with Gasteiger partial charge in [-0.1, -0.05) is 0 Å². The molecule has 1 aromatic heterocycles. The smallest absolute Gasteiger partial charge is 0.392 e. The van der Waals surface area contributed by atoms with Crippen LogP contribution in [0.2, 0.25) is 0 Å². The molecular formula is C7H6F3NO. The van der Waals surface area contributed by atoms with Gasteiger partial charge in [-0.05, 0) is 6.07 Å². The van der Waals surface area contributed by atoms with Gasteiger partial charge < -0.3 is 5.11 Å². The first-order valence-corrected chi connectivity index (χ1v) is 3.16. The molecule has 0 saturated carbocycles. The van der Waals surface area contributed by atoms with Crippen molar-refractivity contribution >= 4 is 0 Å². The van der Waals surface area contributed by atoms with Crippen LogP contribution in [0.3, 0.4) is 0 Å². The first kappa shape index (κ1) is 8.99. The van der Waals surface area contributed by atoms with Gasteiger partial charge in [0.1, 0.15) is 0 Å². The topological polar surface area (TPSA) is 33.1 Å². The van der Waals surface area contributed by atoms with E-state index in [2.05, 4.69) is 4.98 Å². The molecule has 1 N–H and O–H groups in total. The summed E-state index contributed by atoms with van der Waals surface area (Å²) in [5.41, 5.74) is -1.04. The molecule has 0 unspecified atom stereocenters. The normalized spacial score (nSPS) is 11.7. The second-order valence-corrected chi connectivity index (χ2v) is 2.19. The van der Waals surface area contributed by atoms with Crippen LogP contribution in [0.5, 0.6) is 0 Å². The molecule has 5 heteroatoms. The van der Waals surface area contributed by atoms with Gasteiger partial charge >= 0.3 is 6.18 Å². The molecule has 0 fully saturated rings. The van der Waals surface area contributed by atoms with Crippen molar-refractivity contribution in [2.45, 2.75) is 12.8 Å². The summed E-state index contributed by atoms with van der Waals surface area (Å²) < 4.78 is 36.3. The lowest BCUT2D eigenvalue weighted by molar-refractivity contribution is -0.138. The average Bonchev–Trinajstić information content (AvgIpc) is 2.03. The summed E-state index contributed by atoms with van der Waals surface area (Å²) in [7, 11) is 0. The zero-order chi connectivity index (χ0) is 9.19. The molecule has 0 radical (unpaired) electrons. The second-order valence-electron chi connectivity index (χ2n) is 2.19. The lowest BCUT2D eigenvalue weighted by atomic mass is 10.1. The molecule has 0 aliphatic heterocycles. The summed E-state index contributed by atoms with van der Waals surface area (Å²) in [5, 5.41) is 8.54. The first-order valence-electron chi connectivity index (χ1n) is 3.16. The van der Waals surface area contributed by atoms with E-state index in [0.29, 0.717) is 0 Å². The van der Waals surface area contributed by atoms with Crippen LogP contribution in [0.4, 0.5) is 13.2 Å². The molecule has 0 aliphatic rings. The van der Waals surface area contributed by atoms with Crippen molar-refractivity contribution in [1.29, 1.82) is 0 Å². The van der Waals surface area contributed by atoms with Crippen molar-refractivity contribution in [2.24, 2.45) is 0 Å². The van der Waals surface area contributed by atoms with Gasteiger partial charge in [-0.2, -0.15) is 13.2 Å². The Hall–Kier alpha value is -1.10. The molecule has 0 saturated heterocycles. The van der Waals surface area contributed by atoms with Crippen molar-refractivity contribution in [2.75, 3.05) is 0 Å². The number of nitrogens with zero attached hydrogens (tertiary/aromatic N) is 1. The van der Waals surface area contributed by atoms with Crippen LogP contribution < -0.4 is 0 Å². The van der Waals surface area contributed by atoms with Gasteiger partial charge in [0.2, 0.25) is 0 Å². The van der Waals surface area contributed by atoms with Crippen LogP contribution in [0.25, 0.3) is 0 Å². The highest BCUT2D eigenvalue weighted by molar-refractivity contribution is 5.25. The van der Waals surface area contributed by atoms with E-state index in [-0.39, 0.29) is 5.56 Å². The maximum atomic E-state index is 12.1. The Morgan fingerprint density at radius 2 is 2.08 bits per heavy atom. The summed E-state index contributed by atoms with van der Waals surface area (Å²) >= 11 is 0. The molecule has 2 nitrogen and oxygen atoms in total. The maximum Gasteiger partial charge on any atom is 0.416 e. The van der Waals surface area contributed by atoms with Crippen molar-refractivity contribution in [3.05, 3.63) is 29.6 Å². The molecule has 1 heterocycles. The molecule has 0 amide bonds. The largest absolute Gasteiger partial charge is 0.416 e. The monoisotopic (exact) mass is 177 g/mol. The molecule has 0 spiro atoms. The highest BCUT2D eigenvalue weighted by Crippen LogP contribution is 2.31. The number of alkyl halides is 3. The number of hydrogen-bond donors (Lipinski definition) is 1. The third-order valence-corrected chi connectivity index (χ3v) is 1.38. The van der Waals surface area contributed by atoms with E-state index in [1.165, 1.54) is 0 Å². The molecule has 0 aromatic carbocycles. The van der Waals surface area contributed by atoms with Crippen LogP contribution in [-0.2, 0) is 12.8 Å². The summed E-state index contributed by atoms with van der Waals surface area (Å²) in [6.45, 7) is -0.650. The number of hydrogen-bond acceptors (Lipinski definition) is 2. The molecule has 0 aliphatic carbocycles. The van der Waals surface area contributed by atoms with Crippen LogP contribution >= 0.6 is 0 Å². The third-order valence-electron chi connectivity index (χ3n) is 1.38. The molecule has 66 valence electrons. The highest BCUT2D eigenvalue weighted by atomic mass is 19.4. The van der Waals surface area contributed by atoms with Gasteiger partial charge in [0, 0.05) is 18.0 Å². The minimum Gasteiger partial charge on any atom is -0.392 e. The summed E-state index contributed by atoms with van der Waals surface area (Å²) in [5.74, 6) is 0. The number of aliphatic hydroxyl groups is 1. The minimum atomic E-state index is -4.42. The lowest BCUT2D eigenvalue weighted by Gasteiger charge is -2.09. The third kappa shape index (κ3) is 1.73. The Labute approximate surface area is 66.7 Å². The second kappa shape index (κ2) is 3.10. The minimum absolute atomic E-state index is 0.204. The number of aliphatic hydroxyl groups excluding tert-OH is 1. The Bertz CT molecular complexity index is 272. The fraction of sp³-hybridized carbons (Fsp3) is 0.286. The zero-order valence-electron chi connectivity index (χ0n) is 5.97. The van der Waals surface area contributed by atoms with Gasteiger partial charge in [-0.25, -0.2) is 0 Å². The molecular weight excluding hydrogens is 171 g/mol. The fourth-order valence-corrected chi connectivity index (χ4v) is 0.830.